The number of amides is 1. The van der Waals surface area contributed by atoms with Gasteiger partial charge in [0.25, 0.3) is 5.91 Å². The molecule has 18 heavy (non-hydrogen) atoms. The van der Waals surface area contributed by atoms with Gasteiger partial charge < -0.3 is 13.7 Å². The van der Waals surface area contributed by atoms with E-state index < -0.39 is 0 Å². The van der Waals surface area contributed by atoms with Crippen molar-refractivity contribution in [3.63, 3.8) is 0 Å². The minimum absolute atomic E-state index is 0.0279. The summed E-state index contributed by atoms with van der Waals surface area (Å²) in [5, 5.41) is 0. The van der Waals surface area contributed by atoms with E-state index in [1.165, 1.54) is 0 Å². The molecule has 2 aromatic heterocycles. The molecule has 2 aromatic rings. The molecular weight excluding hydrogens is 230 g/mol. The summed E-state index contributed by atoms with van der Waals surface area (Å²) in [4.78, 5) is 14.3. The van der Waals surface area contributed by atoms with E-state index in [2.05, 4.69) is 0 Å². The van der Waals surface area contributed by atoms with E-state index >= 15 is 0 Å². The smallest absolute Gasteiger partial charge is 0.258 e. The summed E-state index contributed by atoms with van der Waals surface area (Å²) in [6.45, 7) is 2.34. The van der Waals surface area contributed by atoms with Crippen LogP contribution in [0.1, 0.15) is 34.7 Å². The van der Waals surface area contributed by atoms with E-state index in [-0.39, 0.29) is 5.91 Å². The summed E-state index contributed by atoms with van der Waals surface area (Å²) < 4.78 is 10.5. The number of hydrogen-bond acceptors (Lipinski definition) is 3. The number of nitrogens with zero attached hydrogens (tertiary/aromatic N) is 1. The van der Waals surface area contributed by atoms with Crippen LogP contribution >= 0.6 is 0 Å². The molecule has 1 aliphatic rings. The summed E-state index contributed by atoms with van der Waals surface area (Å²) in [7, 11) is 0. The van der Waals surface area contributed by atoms with Crippen molar-refractivity contribution in [2.24, 2.45) is 0 Å². The van der Waals surface area contributed by atoms with Crippen molar-refractivity contribution in [1.82, 2.24) is 4.90 Å². The number of furan rings is 2. The van der Waals surface area contributed by atoms with Gasteiger partial charge in [0.15, 0.2) is 0 Å². The van der Waals surface area contributed by atoms with Crippen molar-refractivity contribution in [2.75, 3.05) is 0 Å². The maximum Gasteiger partial charge on any atom is 0.258 e. The molecule has 4 heteroatoms. The molecule has 0 saturated heterocycles. The lowest BCUT2D eigenvalue weighted by Gasteiger charge is -2.20. The van der Waals surface area contributed by atoms with Gasteiger partial charge in [-0.25, -0.2) is 0 Å². The number of rotatable bonds is 4. The van der Waals surface area contributed by atoms with Crippen molar-refractivity contribution in [3.05, 3.63) is 47.8 Å². The van der Waals surface area contributed by atoms with Crippen LogP contribution in [0, 0.1) is 6.92 Å². The first-order valence-corrected chi connectivity index (χ1v) is 6.13. The predicted octanol–water partition coefficient (Wildman–Crippen LogP) is 2.99. The Hall–Kier alpha value is -1.97. The third-order valence-electron chi connectivity index (χ3n) is 3.24. The van der Waals surface area contributed by atoms with Crippen molar-refractivity contribution in [2.45, 2.75) is 32.4 Å². The Morgan fingerprint density at radius 3 is 2.72 bits per heavy atom. The first-order valence-electron chi connectivity index (χ1n) is 6.13. The molecule has 0 bridgehead atoms. The van der Waals surface area contributed by atoms with Crippen LogP contribution in [0.25, 0.3) is 0 Å². The van der Waals surface area contributed by atoms with E-state index in [9.17, 15) is 4.79 Å². The fourth-order valence-electron chi connectivity index (χ4n) is 2.08. The third kappa shape index (κ3) is 2.06. The Bertz CT molecular complexity index is 537. The second-order valence-electron chi connectivity index (χ2n) is 4.63. The van der Waals surface area contributed by atoms with Crippen LogP contribution in [0.5, 0.6) is 0 Å². The molecule has 2 heterocycles. The van der Waals surface area contributed by atoms with Gasteiger partial charge in [-0.15, -0.1) is 0 Å². The average Bonchev–Trinajstić information content (AvgIpc) is 2.89. The normalized spacial score (nSPS) is 14.7. The first-order chi connectivity index (χ1) is 8.75. The lowest BCUT2D eigenvalue weighted by Crippen LogP contribution is -2.32. The molecule has 94 valence electrons. The van der Waals surface area contributed by atoms with Crippen LogP contribution in [0.4, 0.5) is 0 Å². The monoisotopic (exact) mass is 245 g/mol. The van der Waals surface area contributed by atoms with Crippen molar-refractivity contribution in [3.8, 4) is 0 Å². The van der Waals surface area contributed by atoms with Crippen LogP contribution in [0.15, 0.2) is 39.6 Å². The molecule has 1 amide bonds. The van der Waals surface area contributed by atoms with Crippen LogP contribution < -0.4 is 0 Å². The lowest BCUT2D eigenvalue weighted by molar-refractivity contribution is 0.0716. The SMILES string of the molecule is Cc1occc1C(=O)N(Cc1ccco1)C1CC1. The molecule has 0 radical (unpaired) electrons. The zero-order valence-electron chi connectivity index (χ0n) is 10.3. The van der Waals surface area contributed by atoms with Crippen molar-refractivity contribution in [1.29, 1.82) is 0 Å². The number of carbonyl (C=O) groups is 1. The zero-order valence-corrected chi connectivity index (χ0v) is 10.3. The van der Waals surface area contributed by atoms with E-state index in [0.717, 1.165) is 18.6 Å². The van der Waals surface area contributed by atoms with Crippen molar-refractivity contribution >= 4 is 5.91 Å². The Morgan fingerprint density at radius 2 is 2.17 bits per heavy atom. The van der Waals surface area contributed by atoms with Crippen LogP contribution in [0.2, 0.25) is 0 Å². The first kappa shape index (κ1) is 11.1. The van der Waals surface area contributed by atoms with Crippen LogP contribution in [-0.4, -0.2) is 16.8 Å². The summed E-state index contributed by atoms with van der Waals surface area (Å²) in [5.41, 5.74) is 0.647. The van der Waals surface area contributed by atoms with Gasteiger partial charge in [-0.05, 0) is 38.0 Å². The van der Waals surface area contributed by atoms with Crippen LogP contribution in [0.3, 0.4) is 0 Å². The molecule has 0 spiro atoms. The maximum atomic E-state index is 12.5. The Balaban J connectivity index is 1.82. The second-order valence-corrected chi connectivity index (χ2v) is 4.63. The highest BCUT2D eigenvalue weighted by atomic mass is 16.3. The average molecular weight is 245 g/mol. The molecule has 1 fully saturated rings. The molecule has 0 aliphatic heterocycles. The van der Waals surface area contributed by atoms with Gasteiger partial charge in [0, 0.05) is 6.04 Å². The van der Waals surface area contributed by atoms with Gasteiger partial charge in [-0.3, -0.25) is 4.79 Å². The highest BCUT2D eigenvalue weighted by Gasteiger charge is 2.34. The number of carbonyl (C=O) groups excluding carboxylic acids is 1. The predicted molar refractivity (Wildman–Crippen MR) is 65.0 cm³/mol. The number of hydrogen-bond donors (Lipinski definition) is 0. The fourth-order valence-corrected chi connectivity index (χ4v) is 2.08. The van der Waals surface area contributed by atoms with Gasteiger partial charge in [-0.1, -0.05) is 0 Å². The third-order valence-corrected chi connectivity index (χ3v) is 3.24. The largest absolute Gasteiger partial charge is 0.469 e. The highest BCUT2D eigenvalue weighted by molar-refractivity contribution is 5.95. The highest BCUT2D eigenvalue weighted by Crippen LogP contribution is 2.30. The van der Waals surface area contributed by atoms with E-state index in [1.807, 2.05) is 24.0 Å². The van der Waals surface area contributed by atoms with Gasteiger partial charge in [-0.2, -0.15) is 0 Å². The zero-order chi connectivity index (χ0) is 12.5. The van der Waals surface area contributed by atoms with Gasteiger partial charge in [0.1, 0.15) is 11.5 Å². The molecule has 0 N–H and O–H groups in total. The maximum absolute atomic E-state index is 12.5. The Morgan fingerprint density at radius 1 is 1.33 bits per heavy atom. The Labute approximate surface area is 105 Å². The molecule has 0 aromatic carbocycles. The molecule has 0 atom stereocenters. The molecule has 1 saturated carbocycles. The van der Waals surface area contributed by atoms with Gasteiger partial charge in [0.05, 0.1) is 24.6 Å². The summed E-state index contributed by atoms with van der Waals surface area (Å²) in [6.07, 6.45) is 5.33. The Kier molecular flexibility index (Phi) is 2.70. The molecular formula is C14H15NO3. The lowest BCUT2D eigenvalue weighted by atomic mass is 10.2. The van der Waals surface area contributed by atoms with Gasteiger partial charge >= 0.3 is 0 Å². The fraction of sp³-hybridized carbons (Fsp3) is 0.357. The molecule has 1 aliphatic carbocycles. The standard InChI is InChI=1S/C14H15NO3/c1-10-13(6-8-17-10)14(16)15(11-4-5-11)9-12-3-2-7-18-12/h2-3,6-8,11H,4-5,9H2,1H3. The van der Waals surface area contributed by atoms with E-state index in [0.29, 0.717) is 23.9 Å². The summed E-state index contributed by atoms with van der Waals surface area (Å²) in [5.74, 6) is 1.52. The quantitative estimate of drug-likeness (QED) is 0.831. The molecule has 3 rings (SSSR count). The number of aryl methyl sites for hydroxylation is 1. The topological polar surface area (TPSA) is 46.6 Å². The van der Waals surface area contributed by atoms with Crippen LogP contribution in [-0.2, 0) is 6.54 Å². The minimum atomic E-state index is 0.0279. The minimum Gasteiger partial charge on any atom is -0.469 e. The molecule has 4 nitrogen and oxygen atoms in total. The summed E-state index contributed by atoms with van der Waals surface area (Å²) in [6, 6.07) is 5.81. The second kappa shape index (κ2) is 4.37. The van der Waals surface area contributed by atoms with Crippen molar-refractivity contribution < 1.29 is 13.6 Å². The molecule has 0 unspecified atom stereocenters. The van der Waals surface area contributed by atoms with Gasteiger partial charge in [0.2, 0.25) is 0 Å². The summed E-state index contributed by atoms with van der Waals surface area (Å²) >= 11 is 0. The van der Waals surface area contributed by atoms with E-state index in [1.54, 1.807) is 18.6 Å². The van der Waals surface area contributed by atoms with E-state index in [4.69, 9.17) is 8.83 Å².